The van der Waals surface area contributed by atoms with E-state index in [4.69, 9.17) is 16.2 Å². The number of methoxy groups -OCH3 is 1. The molecule has 0 aliphatic carbocycles. The SMILES string of the molecule is COC(=O)[C@@H](Cc1cnc[nH]1)NC(=O)[C@@H](N)CCCCN. The first-order valence-corrected chi connectivity index (χ1v) is 6.89. The van der Waals surface area contributed by atoms with Gasteiger partial charge in [0.05, 0.1) is 19.5 Å². The summed E-state index contributed by atoms with van der Waals surface area (Å²) in [6.07, 6.45) is 5.48. The zero-order valence-corrected chi connectivity index (χ0v) is 12.2. The first-order chi connectivity index (χ1) is 10.1. The lowest BCUT2D eigenvalue weighted by molar-refractivity contribution is -0.145. The number of amides is 1. The lowest BCUT2D eigenvalue weighted by Gasteiger charge is -2.18. The first-order valence-electron chi connectivity index (χ1n) is 6.89. The number of imidazole rings is 1. The van der Waals surface area contributed by atoms with Crippen LogP contribution in [0, 0.1) is 0 Å². The number of H-pyrrole nitrogens is 1. The van der Waals surface area contributed by atoms with Crippen LogP contribution in [0.1, 0.15) is 25.0 Å². The third-order valence-electron chi connectivity index (χ3n) is 3.09. The van der Waals surface area contributed by atoms with E-state index in [2.05, 4.69) is 15.3 Å². The second kappa shape index (κ2) is 9.09. The molecule has 0 fully saturated rings. The third kappa shape index (κ3) is 5.92. The standard InChI is InChI=1S/C13H23N5O3/c1-21-13(20)11(6-9-7-16-8-17-9)18-12(19)10(15)4-2-3-5-14/h7-8,10-11H,2-6,14-15H2,1H3,(H,16,17)(H,18,19)/t10-,11+/m0/s1. The fourth-order valence-electron chi connectivity index (χ4n) is 1.87. The molecule has 1 rings (SSSR count). The predicted octanol–water partition coefficient (Wildman–Crippen LogP) is -0.934. The van der Waals surface area contributed by atoms with Crippen LogP contribution in [0.15, 0.2) is 12.5 Å². The Morgan fingerprint density at radius 1 is 1.48 bits per heavy atom. The molecule has 2 atom stereocenters. The predicted molar refractivity (Wildman–Crippen MR) is 77.1 cm³/mol. The van der Waals surface area contributed by atoms with Gasteiger partial charge in [0.15, 0.2) is 0 Å². The molecular weight excluding hydrogens is 274 g/mol. The Morgan fingerprint density at radius 3 is 2.81 bits per heavy atom. The van der Waals surface area contributed by atoms with Gasteiger partial charge in [0.1, 0.15) is 6.04 Å². The number of nitrogens with two attached hydrogens (primary N) is 2. The number of esters is 1. The molecule has 1 heterocycles. The second-order valence-corrected chi connectivity index (χ2v) is 4.76. The number of unbranched alkanes of at least 4 members (excludes halogenated alkanes) is 1. The van der Waals surface area contributed by atoms with E-state index in [-0.39, 0.29) is 12.3 Å². The summed E-state index contributed by atoms with van der Waals surface area (Å²) in [4.78, 5) is 30.5. The number of hydrogen-bond donors (Lipinski definition) is 4. The molecule has 21 heavy (non-hydrogen) atoms. The summed E-state index contributed by atoms with van der Waals surface area (Å²) in [6.45, 7) is 0.568. The number of hydrogen-bond acceptors (Lipinski definition) is 6. The zero-order chi connectivity index (χ0) is 15.7. The second-order valence-electron chi connectivity index (χ2n) is 4.76. The fraction of sp³-hybridized carbons (Fsp3) is 0.615. The summed E-state index contributed by atoms with van der Waals surface area (Å²) < 4.78 is 4.69. The van der Waals surface area contributed by atoms with Gasteiger partial charge in [-0.3, -0.25) is 4.79 Å². The minimum atomic E-state index is -0.788. The van der Waals surface area contributed by atoms with E-state index < -0.39 is 18.1 Å². The summed E-state index contributed by atoms with van der Waals surface area (Å²) in [5.74, 6) is -0.894. The van der Waals surface area contributed by atoms with Gasteiger partial charge in [-0.2, -0.15) is 0 Å². The molecule has 1 aromatic heterocycles. The van der Waals surface area contributed by atoms with Crippen LogP contribution in [0.2, 0.25) is 0 Å². The summed E-state index contributed by atoms with van der Waals surface area (Å²) in [7, 11) is 1.27. The van der Waals surface area contributed by atoms with Crippen molar-refractivity contribution in [3.8, 4) is 0 Å². The maximum Gasteiger partial charge on any atom is 0.328 e. The van der Waals surface area contributed by atoms with Crippen molar-refractivity contribution in [2.75, 3.05) is 13.7 Å². The van der Waals surface area contributed by atoms with Gasteiger partial charge in [0.2, 0.25) is 5.91 Å². The van der Waals surface area contributed by atoms with E-state index in [1.165, 1.54) is 13.4 Å². The van der Waals surface area contributed by atoms with Crippen molar-refractivity contribution in [3.63, 3.8) is 0 Å². The molecule has 8 heteroatoms. The van der Waals surface area contributed by atoms with Crippen molar-refractivity contribution in [2.24, 2.45) is 11.5 Å². The molecular formula is C13H23N5O3. The Bertz CT molecular complexity index is 435. The van der Waals surface area contributed by atoms with Crippen LogP contribution in [0.25, 0.3) is 0 Å². The number of rotatable bonds is 9. The van der Waals surface area contributed by atoms with Gasteiger partial charge in [0, 0.05) is 18.3 Å². The fourth-order valence-corrected chi connectivity index (χ4v) is 1.87. The highest BCUT2D eigenvalue weighted by Gasteiger charge is 2.24. The Hall–Kier alpha value is -1.93. The molecule has 0 aliphatic rings. The maximum atomic E-state index is 12.0. The normalized spacial score (nSPS) is 13.5. The highest BCUT2D eigenvalue weighted by molar-refractivity contribution is 5.87. The molecule has 0 radical (unpaired) electrons. The minimum Gasteiger partial charge on any atom is -0.467 e. The number of carbonyl (C=O) groups is 2. The highest BCUT2D eigenvalue weighted by Crippen LogP contribution is 2.03. The first kappa shape index (κ1) is 17.1. The average molecular weight is 297 g/mol. The molecule has 118 valence electrons. The minimum absolute atomic E-state index is 0.272. The summed E-state index contributed by atoms with van der Waals surface area (Å²) >= 11 is 0. The topological polar surface area (TPSA) is 136 Å². The van der Waals surface area contributed by atoms with E-state index in [1.807, 2.05) is 0 Å². The number of carbonyl (C=O) groups excluding carboxylic acids is 2. The van der Waals surface area contributed by atoms with Crippen molar-refractivity contribution in [2.45, 2.75) is 37.8 Å². The third-order valence-corrected chi connectivity index (χ3v) is 3.09. The summed E-state index contributed by atoms with van der Waals surface area (Å²) in [5, 5.41) is 2.62. The van der Waals surface area contributed by atoms with Crippen molar-refractivity contribution in [3.05, 3.63) is 18.2 Å². The van der Waals surface area contributed by atoms with Crippen LogP contribution in [0.3, 0.4) is 0 Å². The van der Waals surface area contributed by atoms with Crippen LogP contribution >= 0.6 is 0 Å². The van der Waals surface area contributed by atoms with Gasteiger partial charge in [0.25, 0.3) is 0 Å². The number of aromatic amines is 1. The van der Waals surface area contributed by atoms with Crippen LogP contribution in [-0.4, -0.2) is 47.6 Å². The van der Waals surface area contributed by atoms with Crippen LogP contribution in [0.5, 0.6) is 0 Å². The quantitative estimate of drug-likeness (QED) is 0.343. The van der Waals surface area contributed by atoms with Crippen molar-refractivity contribution in [1.82, 2.24) is 15.3 Å². The van der Waals surface area contributed by atoms with Gasteiger partial charge in [-0.25, -0.2) is 9.78 Å². The molecule has 0 aromatic carbocycles. The van der Waals surface area contributed by atoms with Gasteiger partial charge in [-0.15, -0.1) is 0 Å². The molecule has 0 bridgehead atoms. The van der Waals surface area contributed by atoms with Gasteiger partial charge < -0.3 is 26.5 Å². The molecule has 0 unspecified atom stereocenters. The smallest absolute Gasteiger partial charge is 0.328 e. The Kier molecular flexibility index (Phi) is 7.41. The van der Waals surface area contributed by atoms with Gasteiger partial charge >= 0.3 is 5.97 Å². The molecule has 0 saturated carbocycles. The van der Waals surface area contributed by atoms with Gasteiger partial charge in [-0.1, -0.05) is 6.42 Å². The Morgan fingerprint density at radius 2 is 2.24 bits per heavy atom. The van der Waals surface area contributed by atoms with E-state index in [0.717, 1.165) is 18.5 Å². The zero-order valence-electron chi connectivity index (χ0n) is 12.2. The Balaban J connectivity index is 2.55. The Labute approximate surface area is 123 Å². The monoisotopic (exact) mass is 297 g/mol. The number of ether oxygens (including phenoxy) is 1. The highest BCUT2D eigenvalue weighted by atomic mass is 16.5. The van der Waals surface area contributed by atoms with E-state index in [1.54, 1.807) is 6.20 Å². The lowest BCUT2D eigenvalue weighted by atomic mass is 10.1. The van der Waals surface area contributed by atoms with E-state index in [9.17, 15) is 9.59 Å². The largest absolute Gasteiger partial charge is 0.467 e. The van der Waals surface area contributed by atoms with Crippen LogP contribution in [0.4, 0.5) is 0 Å². The van der Waals surface area contributed by atoms with E-state index >= 15 is 0 Å². The van der Waals surface area contributed by atoms with Crippen LogP contribution in [-0.2, 0) is 20.7 Å². The number of aromatic nitrogens is 2. The molecule has 0 saturated heterocycles. The van der Waals surface area contributed by atoms with Crippen molar-refractivity contribution < 1.29 is 14.3 Å². The van der Waals surface area contributed by atoms with Gasteiger partial charge in [-0.05, 0) is 19.4 Å². The van der Waals surface area contributed by atoms with E-state index in [0.29, 0.717) is 13.0 Å². The summed E-state index contributed by atoms with van der Waals surface area (Å²) in [5.41, 5.74) is 11.9. The summed E-state index contributed by atoms with van der Waals surface area (Å²) in [6, 6.07) is -1.45. The molecule has 1 aromatic rings. The van der Waals surface area contributed by atoms with Crippen molar-refractivity contribution >= 4 is 11.9 Å². The number of nitrogens with one attached hydrogen (secondary N) is 2. The molecule has 0 aliphatic heterocycles. The molecule has 1 amide bonds. The molecule has 6 N–H and O–H groups in total. The molecule has 8 nitrogen and oxygen atoms in total. The maximum absolute atomic E-state index is 12.0. The van der Waals surface area contributed by atoms with Crippen LogP contribution < -0.4 is 16.8 Å². The lowest BCUT2D eigenvalue weighted by Crippen LogP contribution is -2.49. The molecule has 0 spiro atoms. The number of nitrogens with zero attached hydrogens (tertiary/aromatic N) is 1. The average Bonchev–Trinajstić information content (AvgIpc) is 2.98. The van der Waals surface area contributed by atoms with Crippen molar-refractivity contribution in [1.29, 1.82) is 0 Å².